The Hall–Kier alpha value is -2.87. The molecule has 3 aromatic rings. The highest BCUT2D eigenvalue weighted by Gasteiger charge is 2.25. The molecular weight excluding hydrogens is 356 g/mol. The molecule has 1 aliphatic carbocycles. The molecule has 4 heterocycles. The van der Waals surface area contributed by atoms with Gasteiger partial charge < -0.3 is 10.1 Å². The summed E-state index contributed by atoms with van der Waals surface area (Å²) in [6.07, 6.45) is 7.89. The average Bonchev–Trinajstić information content (AvgIpc) is 2.74. The Kier molecular flexibility index (Phi) is 4.48. The Morgan fingerprint density at radius 2 is 1.96 bits per heavy atom. The Labute approximate surface area is 162 Å². The zero-order valence-electron chi connectivity index (χ0n) is 15.5. The lowest BCUT2D eigenvalue weighted by molar-refractivity contribution is 0.107. The van der Waals surface area contributed by atoms with Crippen LogP contribution in [0.5, 0.6) is 0 Å². The molecule has 1 N–H and O–H groups in total. The first-order valence-electron chi connectivity index (χ1n) is 9.80. The molecule has 8 heteroatoms. The largest absolute Gasteiger partial charge is 0.376 e. The Bertz CT molecular complexity index is 1060. The number of aromatic nitrogens is 5. The van der Waals surface area contributed by atoms with E-state index in [0.717, 1.165) is 54.7 Å². The number of anilines is 1. The van der Waals surface area contributed by atoms with Gasteiger partial charge in [0.15, 0.2) is 5.65 Å². The summed E-state index contributed by atoms with van der Waals surface area (Å²) in [5.74, 6) is 0.820. The van der Waals surface area contributed by atoms with Crippen molar-refractivity contribution in [3.8, 4) is 0 Å². The zero-order valence-corrected chi connectivity index (χ0v) is 15.5. The van der Waals surface area contributed by atoms with Crippen molar-refractivity contribution in [2.24, 2.45) is 0 Å². The molecule has 0 unspecified atom stereocenters. The number of rotatable bonds is 3. The predicted molar refractivity (Wildman–Crippen MR) is 104 cm³/mol. The van der Waals surface area contributed by atoms with Crippen LogP contribution in [0, 0.1) is 0 Å². The molecule has 0 bridgehead atoms. The van der Waals surface area contributed by atoms with Crippen LogP contribution < -0.4 is 10.9 Å². The summed E-state index contributed by atoms with van der Waals surface area (Å²) in [6.45, 7) is 1.18. The summed E-state index contributed by atoms with van der Waals surface area (Å²) in [5.41, 5.74) is 3.37. The van der Waals surface area contributed by atoms with Gasteiger partial charge in [0, 0.05) is 36.5 Å². The van der Waals surface area contributed by atoms with Gasteiger partial charge in [-0.3, -0.25) is 9.78 Å². The lowest BCUT2D eigenvalue weighted by Gasteiger charge is -2.30. The Morgan fingerprint density at radius 3 is 2.86 bits per heavy atom. The zero-order chi connectivity index (χ0) is 18.9. The maximum Gasteiger partial charge on any atom is 0.267 e. The highest BCUT2D eigenvalue weighted by molar-refractivity contribution is 5.71. The van der Waals surface area contributed by atoms with Crippen molar-refractivity contribution < 1.29 is 4.74 Å². The second-order valence-electron chi connectivity index (χ2n) is 7.45. The van der Waals surface area contributed by atoms with E-state index in [1.807, 2.05) is 12.1 Å². The van der Waals surface area contributed by atoms with E-state index in [9.17, 15) is 4.79 Å². The fraction of sp³-hybridized carbons (Fsp3) is 0.450. The monoisotopic (exact) mass is 378 g/mol. The molecular formula is C20H22N6O2. The van der Waals surface area contributed by atoms with Crippen LogP contribution in [0.4, 0.5) is 5.82 Å². The molecule has 0 amide bonds. The number of hydrogen-bond donors (Lipinski definition) is 1. The number of nitrogens with one attached hydrogen (secondary N) is 1. The van der Waals surface area contributed by atoms with Crippen molar-refractivity contribution in [1.29, 1.82) is 0 Å². The predicted octanol–water partition coefficient (Wildman–Crippen LogP) is 2.25. The lowest BCUT2D eigenvalue weighted by atomic mass is 9.91. The van der Waals surface area contributed by atoms with E-state index >= 15 is 0 Å². The molecule has 1 fully saturated rings. The summed E-state index contributed by atoms with van der Waals surface area (Å²) in [7, 11) is 0. The van der Waals surface area contributed by atoms with Crippen LogP contribution in [0.2, 0.25) is 0 Å². The minimum absolute atomic E-state index is 0.0181. The van der Waals surface area contributed by atoms with Gasteiger partial charge in [-0.05, 0) is 37.8 Å². The number of hydrogen-bond acceptors (Lipinski definition) is 7. The standard InChI is InChI=1S/C20H22N6O2/c27-19-11-13-12-28-10-7-16(13)25-26(19)15-3-1-14(2-4-15)23-18-6-5-17-20(24-18)22-9-8-21-17/h5-6,8-9,11,14-15H,1-4,7,10,12H2,(H,22,23,24). The second-order valence-corrected chi connectivity index (χ2v) is 7.45. The highest BCUT2D eigenvalue weighted by atomic mass is 16.5. The van der Waals surface area contributed by atoms with Crippen molar-refractivity contribution in [3.63, 3.8) is 0 Å². The smallest absolute Gasteiger partial charge is 0.267 e. The average molecular weight is 378 g/mol. The van der Waals surface area contributed by atoms with E-state index < -0.39 is 0 Å². The fourth-order valence-corrected chi connectivity index (χ4v) is 4.10. The number of ether oxygens (including phenoxy) is 1. The van der Waals surface area contributed by atoms with Gasteiger partial charge in [-0.1, -0.05) is 0 Å². The third kappa shape index (κ3) is 3.35. The Morgan fingerprint density at radius 1 is 1.11 bits per heavy atom. The van der Waals surface area contributed by atoms with Crippen LogP contribution in [0.1, 0.15) is 43.0 Å². The molecule has 0 spiro atoms. The van der Waals surface area contributed by atoms with Gasteiger partial charge in [0.2, 0.25) is 0 Å². The molecule has 144 valence electrons. The van der Waals surface area contributed by atoms with Crippen LogP contribution in [0.25, 0.3) is 11.2 Å². The van der Waals surface area contributed by atoms with Crippen molar-refractivity contribution in [2.45, 2.75) is 50.8 Å². The SMILES string of the molecule is O=c1cc2c(nn1C1CCC(Nc3ccc4nccnc4n3)CC1)CCOC2. The normalized spacial score (nSPS) is 22.0. The molecule has 2 aliphatic rings. The number of fused-ring (bicyclic) bond motifs is 2. The van der Waals surface area contributed by atoms with Gasteiger partial charge in [0.25, 0.3) is 5.56 Å². The highest BCUT2D eigenvalue weighted by Crippen LogP contribution is 2.29. The van der Waals surface area contributed by atoms with Gasteiger partial charge in [-0.2, -0.15) is 5.10 Å². The summed E-state index contributed by atoms with van der Waals surface area (Å²) in [4.78, 5) is 25.6. The van der Waals surface area contributed by atoms with E-state index in [4.69, 9.17) is 4.74 Å². The lowest BCUT2D eigenvalue weighted by Crippen LogP contribution is -2.35. The maximum absolute atomic E-state index is 12.5. The van der Waals surface area contributed by atoms with Crippen molar-refractivity contribution in [1.82, 2.24) is 24.7 Å². The van der Waals surface area contributed by atoms with E-state index in [-0.39, 0.29) is 11.6 Å². The third-order valence-corrected chi connectivity index (χ3v) is 5.59. The summed E-state index contributed by atoms with van der Waals surface area (Å²) in [5, 5.41) is 8.16. The molecule has 0 saturated heterocycles. The Balaban J connectivity index is 1.26. The molecule has 1 saturated carbocycles. The first kappa shape index (κ1) is 17.2. The van der Waals surface area contributed by atoms with E-state index in [1.54, 1.807) is 23.1 Å². The second kappa shape index (κ2) is 7.27. The first-order chi connectivity index (χ1) is 13.8. The summed E-state index contributed by atoms with van der Waals surface area (Å²) >= 11 is 0. The molecule has 0 aromatic carbocycles. The van der Waals surface area contributed by atoms with Gasteiger partial charge in [-0.25, -0.2) is 14.6 Å². The molecule has 1 aliphatic heterocycles. The van der Waals surface area contributed by atoms with Crippen LogP contribution >= 0.6 is 0 Å². The third-order valence-electron chi connectivity index (χ3n) is 5.59. The van der Waals surface area contributed by atoms with Gasteiger partial charge >= 0.3 is 0 Å². The van der Waals surface area contributed by atoms with Crippen LogP contribution in [0.3, 0.4) is 0 Å². The minimum Gasteiger partial charge on any atom is -0.376 e. The number of nitrogens with zero attached hydrogens (tertiary/aromatic N) is 5. The van der Waals surface area contributed by atoms with Gasteiger partial charge in [0.05, 0.1) is 24.9 Å². The van der Waals surface area contributed by atoms with Crippen LogP contribution in [-0.4, -0.2) is 37.4 Å². The quantitative estimate of drug-likeness (QED) is 0.747. The van der Waals surface area contributed by atoms with E-state index in [0.29, 0.717) is 24.9 Å². The van der Waals surface area contributed by atoms with Crippen molar-refractivity contribution >= 4 is 17.0 Å². The molecule has 0 radical (unpaired) electrons. The summed E-state index contributed by atoms with van der Waals surface area (Å²) in [6, 6.07) is 6.07. The molecule has 28 heavy (non-hydrogen) atoms. The number of pyridine rings is 1. The molecule has 3 aromatic heterocycles. The van der Waals surface area contributed by atoms with Crippen LogP contribution in [0.15, 0.2) is 35.4 Å². The first-order valence-corrected chi connectivity index (χ1v) is 9.80. The summed E-state index contributed by atoms with van der Waals surface area (Å²) < 4.78 is 7.12. The van der Waals surface area contributed by atoms with Gasteiger partial charge in [-0.15, -0.1) is 0 Å². The topological polar surface area (TPSA) is 94.8 Å². The van der Waals surface area contributed by atoms with Crippen molar-refractivity contribution in [2.75, 3.05) is 11.9 Å². The van der Waals surface area contributed by atoms with Crippen LogP contribution in [-0.2, 0) is 17.8 Å². The minimum atomic E-state index is -0.0181. The molecule has 8 nitrogen and oxygen atoms in total. The van der Waals surface area contributed by atoms with E-state index in [1.165, 1.54) is 0 Å². The maximum atomic E-state index is 12.5. The molecule has 0 atom stereocenters. The van der Waals surface area contributed by atoms with Crippen molar-refractivity contribution in [3.05, 3.63) is 52.2 Å². The van der Waals surface area contributed by atoms with Gasteiger partial charge in [0.1, 0.15) is 11.3 Å². The fourth-order valence-electron chi connectivity index (χ4n) is 4.10. The van der Waals surface area contributed by atoms with E-state index in [2.05, 4.69) is 25.4 Å². The molecule has 5 rings (SSSR count).